The summed E-state index contributed by atoms with van der Waals surface area (Å²) in [5, 5.41) is 7.64. The van der Waals surface area contributed by atoms with Gasteiger partial charge in [0, 0.05) is 13.2 Å². The first-order valence-electron chi connectivity index (χ1n) is 6.99. The van der Waals surface area contributed by atoms with Crippen LogP contribution in [0.3, 0.4) is 0 Å². The third kappa shape index (κ3) is 2.51. The molecule has 1 atom stereocenters. The number of amidine groups is 1. The summed E-state index contributed by atoms with van der Waals surface area (Å²) in [5.41, 5.74) is 5.18. The monoisotopic (exact) mass is 310 g/mol. The van der Waals surface area contributed by atoms with Gasteiger partial charge in [0.2, 0.25) is 0 Å². The van der Waals surface area contributed by atoms with E-state index in [0.29, 0.717) is 11.2 Å². The molecule has 2 rings (SSSR count). The van der Waals surface area contributed by atoms with E-state index < -0.39 is 24.1 Å². The molecule has 0 aromatic carbocycles. The van der Waals surface area contributed by atoms with Gasteiger partial charge in [-0.1, -0.05) is 0 Å². The maximum atomic E-state index is 7.64. The lowest BCUT2D eigenvalue weighted by Gasteiger charge is -2.32. The summed E-state index contributed by atoms with van der Waals surface area (Å²) < 4.78 is 28.1. The number of nitrogens with one attached hydrogen (secondary N) is 1. The molecular weight excluding hydrogens is 287 g/mol. The highest BCUT2D eigenvalue weighted by Crippen LogP contribution is 2.41. The molecule has 0 aliphatic carbocycles. The van der Waals surface area contributed by atoms with Crippen LogP contribution in [0.4, 0.5) is 0 Å². The Balaban J connectivity index is 2.32. The van der Waals surface area contributed by atoms with Gasteiger partial charge in [0.15, 0.2) is 5.84 Å². The summed E-state index contributed by atoms with van der Waals surface area (Å²) in [4.78, 5) is 0. The van der Waals surface area contributed by atoms with E-state index in [1.165, 1.54) is 26.6 Å². The van der Waals surface area contributed by atoms with Crippen LogP contribution in [0.1, 0.15) is 27.7 Å². The van der Waals surface area contributed by atoms with E-state index in [0.717, 1.165) is 0 Å². The number of hydrogen-bond donors (Lipinski definition) is 2. The van der Waals surface area contributed by atoms with Crippen molar-refractivity contribution in [3.63, 3.8) is 0 Å². The average Bonchev–Trinajstić information content (AvgIpc) is 2.66. The molecule has 8 heteroatoms. The summed E-state index contributed by atoms with van der Waals surface area (Å²) in [6, 6.07) is 0. The van der Waals surface area contributed by atoms with Gasteiger partial charge in [0.25, 0.3) is 5.79 Å². The molecule has 0 spiro atoms. The summed E-state index contributed by atoms with van der Waals surface area (Å²) in [5.74, 6) is -1.33. The van der Waals surface area contributed by atoms with Gasteiger partial charge in [-0.2, -0.15) is 0 Å². The molecule has 0 bridgehead atoms. The second-order valence-electron chi connectivity index (χ2n) is 6.28. The SMILES string of the molecule is COC1=CC(OC)(C(=N)N)OC=C1B1OC(C)(C)C(C)(C)O1. The highest BCUT2D eigenvalue weighted by Gasteiger charge is 2.54. The first kappa shape index (κ1) is 16.9. The number of rotatable bonds is 4. The Morgan fingerprint density at radius 1 is 1.18 bits per heavy atom. The lowest BCUT2D eigenvalue weighted by molar-refractivity contribution is -0.104. The molecule has 0 aromatic heterocycles. The number of hydrogen-bond acceptors (Lipinski definition) is 6. The van der Waals surface area contributed by atoms with Crippen molar-refractivity contribution in [2.75, 3.05) is 14.2 Å². The molecule has 122 valence electrons. The minimum atomic E-state index is -1.47. The fourth-order valence-electron chi connectivity index (χ4n) is 2.18. The number of nitrogens with two attached hydrogens (primary N) is 1. The van der Waals surface area contributed by atoms with Gasteiger partial charge in [-0.25, -0.2) is 0 Å². The quantitative estimate of drug-likeness (QED) is 0.462. The zero-order valence-corrected chi connectivity index (χ0v) is 13.9. The Morgan fingerprint density at radius 2 is 1.73 bits per heavy atom. The van der Waals surface area contributed by atoms with Crippen LogP contribution in [0.25, 0.3) is 0 Å². The van der Waals surface area contributed by atoms with Crippen LogP contribution in [-0.2, 0) is 23.5 Å². The highest BCUT2D eigenvalue weighted by molar-refractivity contribution is 6.56. The van der Waals surface area contributed by atoms with Gasteiger partial charge in [0.1, 0.15) is 5.76 Å². The topological polar surface area (TPSA) is 96.0 Å². The van der Waals surface area contributed by atoms with Crippen LogP contribution in [0.15, 0.2) is 23.6 Å². The van der Waals surface area contributed by atoms with Crippen molar-refractivity contribution in [1.82, 2.24) is 0 Å². The van der Waals surface area contributed by atoms with Crippen LogP contribution in [-0.4, -0.2) is 44.2 Å². The molecule has 22 heavy (non-hydrogen) atoms. The van der Waals surface area contributed by atoms with Crippen molar-refractivity contribution in [1.29, 1.82) is 5.41 Å². The second-order valence-corrected chi connectivity index (χ2v) is 6.28. The van der Waals surface area contributed by atoms with Crippen molar-refractivity contribution in [3.8, 4) is 0 Å². The van der Waals surface area contributed by atoms with Crippen molar-refractivity contribution in [2.24, 2.45) is 5.73 Å². The maximum absolute atomic E-state index is 7.64. The van der Waals surface area contributed by atoms with E-state index >= 15 is 0 Å². The number of ether oxygens (including phenoxy) is 3. The van der Waals surface area contributed by atoms with Gasteiger partial charge in [-0.05, 0) is 27.7 Å². The van der Waals surface area contributed by atoms with Gasteiger partial charge in [0.05, 0.1) is 30.0 Å². The maximum Gasteiger partial charge on any atom is 0.501 e. The zero-order valence-electron chi connectivity index (χ0n) is 13.9. The Labute approximate surface area is 131 Å². The van der Waals surface area contributed by atoms with E-state index in [-0.39, 0.29) is 5.84 Å². The van der Waals surface area contributed by atoms with Crippen LogP contribution in [0.5, 0.6) is 0 Å². The van der Waals surface area contributed by atoms with Gasteiger partial charge < -0.3 is 29.3 Å². The van der Waals surface area contributed by atoms with Crippen LogP contribution >= 0.6 is 0 Å². The molecule has 0 aromatic rings. The van der Waals surface area contributed by atoms with Gasteiger partial charge >= 0.3 is 7.12 Å². The van der Waals surface area contributed by atoms with E-state index in [4.69, 9.17) is 34.7 Å². The molecule has 3 N–H and O–H groups in total. The van der Waals surface area contributed by atoms with E-state index in [1.54, 1.807) is 0 Å². The first-order chi connectivity index (χ1) is 10.1. The summed E-state index contributed by atoms with van der Waals surface area (Å²) in [6.45, 7) is 7.84. The predicted molar refractivity (Wildman–Crippen MR) is 82.0 cm³/mol. The summed E-state index contributed by atoms with van der Waals surface area (Å²) in [7, 11) is 2.27. The smallest absolute Gasteiger partial charge is 0.497 e. The van der Waals surface area contributed by atoms with E-state index in [9.17, 15) is 0 Å². The molecule has 0 radical (unpaired) electrons. The second kappa shape index (κ2) is 5.29. The molecular formula is C14H23BN2O5. The predicted octanol–water partition coefficient (Wildman–Crippen LogP) is 1.34. The lowest BCUT2D eigenvalue weighted by Crippen LogP contribution is -2.47. The minimum absolute atomic E-state index is 0.284. The zero-order chi connectivity index (χ0) is 16.8. The van der Waals surface area contributed by atoms with Crippen molar-refractivity contribution < 1.29 is 23.5 Å². The third-order valence-electron chi connectivity index (χ3n) is 4.37. The lowest BCUT2D eigenvalue weighted by atomic mass is 9.76. The minimum Gasteiger partial charge on any atom is -0.497 e. The standard InChI is InChI=1S/C14H23BN2O5/c1-12(2)13(3,4)22-15(21-12)9-8-20-14(19-6,11(16)17)7-10(9)18-5/h7-8H,1-6H3,(H3,16,17). The fourth-order valence-corrected chi connectivity index (χ4v) is 2.18. The Hall–Kier alpha value is -1.51. The van der Waals surface area contributed by atoms with Crippen LogP contribution in [0.2, 0.25) is 0 Å². The largest absolute Gasteiger partial charge is 0.501 e. The summed E-state index contributed by atoms with van der Waals surface area (Å²) in [6.07, 6.45) is 2.90. The summed E-state index contributed by atoms with van der Waals surface area (Å²) >= 11 is 0. The van der Waals surface area contributed by atoms with Crippen molar-refractivity contribution >= 4 is 13.0 Å². The van der Waals surface area contributed by atoms with Crippen LogP contribution < -0.4 is 5.73 Å². The van der Waals surface area contributed by atoms with Crippen LogP contribution in [0, 0.1) is 5.41 Å². The Bertz CT molecular complexity index is 527. The average molecular weight is 310 g/mol. The Kier molecular flexibility index (Phi) is 4.06. The highest BCUT2D eigenvalue weighted by atomic mass is 16.7. The third-order valence-corrected chi connectivity index (χ3v) is 4.37. The molecule has 7 nitrogen and oxygen atoms in total. The number of methoxy groups -OCH3 is 2. The molecule has 1 saturated heterocycles. The van der Waals surface area contributed by atoms with E-state index in [1.807, 2.05) is 27.7 Å². The van der Waals surface area contributed by atoms with Gasteiger partial charge in [-0.15, -0.1) is 0 Å². The molecule has 0 amide bonds. The normalized spacial score (nSPS) is 29.5. The molecule has 2 aliphatic heterocycles. The van der Waals surface area contributed by atoms with Crippen molar-refractivity contribution in [2.45, 2.75) is 44.7 Å². The molecule has 1 unspecified atom stereocenters. The molecule has 0 saturated carbocycles. The Morgan fingerprint density at radius 3 is 2.14 bits per heavy atom. The fraction of sp³-hybridized carbons (Fsp3) is 0.643. The van der Waals surface area contributed by atoms with Gasteiger partial charge in [-0.3, -0.25) is 5.41 Å². The first-order valence-corrected chi connectivity index (χ1v) is 6.99. The molecule has 2 heterocycles. The molecule has 1 fully saturated rings. The number of allylic oxidation sites excluding steroid dienone is 1. The molecule has 2 aliphatic rings. The van der Waals surface area contributed by atoms with Crippen molar-refractivity contribution in [3.05, 3.63) is 23.6 Å². The van der Waals surface area contributed by atoms with E-state index in [2.05, 4.69) is 0 Å².